The lowest BCUT2D eigenvalue weighted by Gasteiger charge is -2.00. The second-order valence-corrected chi connectivity index (χ2v) is 2.38. The van der Waals surface area contributed by atoms with Crippen molar-refractivity contribution in [2.75, 3.05) is 0 Å². The molecule has 9 heavy (non-hydrogen) atoms. The summed E-state index contributed by atoms with van der Waals surface area (Å²) in [6, 6.07) is 0. The van der Waals surface area contributed by atoms with Crippen LogP contribution in [0.3, 0.4) is 0 Å². The van der Waals surface area contributed by atoms with Gasteiger partial charge in [-0.05, 0) is 12.8 Å². The van der Waals surface area contributed by atoms with E-state index in [0.29, 0.717) is 5.92 Å². The smallest absolute Gasteiger partial charge is 0.328 e. The third kappa shape index (κ3) is 3.76. The molecule has 0 aliphatic carbocycles. The minimum absolute atomic E-state index is 0.334. The topological polar surface area (TPSA) is 37.3 Å². The Hall–Kier alpha value is -0.790. The Bertz CT molecular complexity index is 134. The number of carboxylic acids is 1. The van der Waals surface area contributed by atoms with Gasteiger partial charge in [-0.1, -0.05) is 19.4 Å². The van der Waals surface area contributed by atoms with Crippen LogP contribution in [-0.4, -0.2) is 11.1 Å². The fraction of sp³-hybridized carbons (Fsp3) is 0.571. The van der Waals surface area contributed by atoms with Crippen LogP contribution in [0.2, 0.25) is 0 Å². The van der Waals surface area contributed by atoms with Crippen LogP contribution in [0.5, 0.6) is 0 Å². The van der Waals surface area contributed by atoms with Crippen LogP contribution in [-0.2, 0) is 4.79 Å². The van der Waals surface area contributed by atoms with Gasteiger partial charge in [0.15, 0.2) is 0 Å². The highest BCUT2D eigenvalue weighted by atomic mass is 16.4. The van der Waals surface area contributed by atoms with E-state index in [2.05, 4.69) is 0 Å². The number of rotatable bonds is 2. The van der Waals surface area contributed by atoms with E-state index >= 15 is 0 Å². The highest BCUT2D eigenvalue weighted by molar-refractivity contribution is 5.80. The Morgan fingerprint density at radius 1 is 1.56 bits per heavy atom. The van der Waals surface area contributed by atoms with Crippen molar-refractivity contribution in [3.05, 3.63) is 11.6 Å². The number of hydrogen-bond donors (Lipinski definition) is 1. The third-order valence-corrected chi connectivity index (χ3v) is 1.26. The molecule has 0 fully saturated rings. The maximum atomic E-state index is 10.0. The van der Waals surface area contributed by atoms with Gasteiger partial charge >= 0.3 is 5.97 Å². The minimum atomic E-state index is -0.860. The molecule has 0 aliphatic heterocycles. The monoisotopic (exact) mass is 128 g/mol. The van der Waals surface area contributed by atoms with Gasteiger partial charge in [-0.25, -0.2) is 4.79 Å². The summed E-state index contributed by atoms with van der Waals surface area (Å²) in [5.41, 5.74) is 0.905. The summed E-state index contributed by atoms with van der Waals surface area (Å²) >= 11 is 0. The molecular formula is C7H12O2. The highest BCUT2D eigenvalue weighted by Crippen LogP contribution is 2.06. The lowest BCUT2D eigenvalue weighted by molar-refractivity contribution is -0.131. The molecule has 0 bridgehead atoms. The summed E-state index contributed by atoms with van der Waals surface area (Å²) in [4.78, 5) is 10.0. The molecule has 2 heteroatoms. The first kappa shape index (κ1) is 8.21. The zero-order valence-corrected chi connectivity index (χ0v) is 6.01. The first-order valence-electron chi connectivity index (χ1n) is 2.95. The van der Waals surface area contributed by atoms with E-state index in [-0.39, 0.29) is 0 Å². The second-order valence-electron chi connectivity index (χ2n) is 2.38. The number of carbonyl (C=O) groups is 1. The average Bonchev–Trinajstić information content (AvgIpc) is 1.63. The minimum Gasteiger partial charge on any atom is -0.478 e. The Morgan fingerprint density at radius 3 is 2.11 bits per heavy atom. The van der Waals surface area contributed by atoms with Crippen LogP contribution in [0, 0.1) is 5.92 Å². The quantitative estimate of drug-likeness (QED) is 0.574. The molecule has 0 aromatic rings. The summed E-state index contributed by atoms with van der Waals surface area (Å²) in [6.07, 6.45) is 1.24. The Morgan fingerprint density at radius 2 is 2.00 bits per heavy atom. The molecule has 0 aromatic carbocycles. The van der Waals surface area contributed by atoms with Crippen molar-refractivity contribution in [1.29, 1.82) is 0 Å². The average molecular weight is 128 g/mol. The molecule has 0 saturated heterocycles. The van der Waals surface area contributed by atoms with Gasteiger partial charge in [0.25, 0.3) is 0 Å². The van der Waals surface area contributed by atoms with E-state index in [9.17, 15) is 4.79 Å². The van der Waals surface area contributed by atoms with E-state index in [1.807, 2.05) is 20.8 Å². The number of aliphatic carboxylic acids is 1. The fourth-order valence-corrected chi connectivity index (χ4v) is 0.361. The zero-order chi connectivity index (χ0) is 7.44. The summed E-state index contributed by atoms with van der Waals surface area (Å²) in [5.74, 6) is -0.526. The van der Waals surface area contributed by atoms with Gasteiger partial charge < -0.3 is 5.11 Å². The molecule has 0 unspecified atom stereocenters. The van der Waals surface area contributed by atoms with Crippen molar-refractivity contribution in [2.24, 2.45) is 5.92 Å². The van der Waals surface area contributed by atoms with Gasteiger partial charge in [0.1, 0.15) is 0 Å². The lowest BCUT2D eigenvalue weighted by Crippen LogP contribution is -1.94. The third-order valence-electron chi connectivity index (χ3n) is 1.26. The summed E-state index contributed by atoms with van der Waals surface area (Å²) in [6.45, 7) is 5.75. The highest BCUT2D eigenvalue weighted by Gasteiger charge is 1.97. The van der Waals surface area contributed by atoms with Crippen LogP contribution in [0.15, 0.2) is 11.6 Å². The molecule has 2 nitrogen and oxygen atoms in total. The molecule has 0 spiro atoms. The number of carboxylic acid groups (broad SMARTS) is 1. The molecule has 52 valence electrons. The van der Waals surface area contributed by atoms with Gasteiger partial charge in [-0.2, -0.15) is 0 Å². The van der Waals surface area contributed by atoms with Crippen molar-refractivity contribution in [2.45, 2.75) is 20.8 Å². The van der Waals surface area contributed by atoms with E-state index in [0.717, 1.165) is 5.57 Å². The van der Waals surface area contributed by atoms with E-state index < -0.39 is 5.97 Å². The molecule has 0 amide bonds. The number of hydrogen-bond acceptors (Lipinski definition) is 1. The molecule has 0 aliphatic rings. The molecule has 0 rings (SSSR count). The SMILES string of the molecule is CC(=CC(=O)O)C(C)C. The van der Waals surface area contributed by atoms with Gasteiger partial charge in [0.2, 0.25) is 0 Å². The Kier molecular flexibility index (Phi) is 2.99. The lowest BCUT2D eigenvalue weighted by atomic mass is 10.1. The van der Waals surface area contributed by atoms with Gasteiger partial charge in [0.05, 0.1) is 0 Å². The predicted octanol–water partition coefficient (Wildman–Crippen LogP) is 1.67. The van der Waals surface area contributed by atoms with Crippen molar-refractivity contribution in [3.63, 3.8) is 0 Å². The van der Waals surface area contributed by atoms with Gasteiger partial charge in [0, 0.05) is 6.08 Å². The molecular weight excluding hydrogens is 116 g/mol. The van der Waals surface area contributed by atoms with Gasteiger partial charge in [-0.3, -0.25) is 0 Å². The predicted molar refractivity (Wildman–Crippen MR) is 36.2 cm³/mol. The number of allylic oxidation sites excluding steroid dienone is 1. The van der Waals surface area contributed by atoms with E-state index in [1.165, 1.54) is 6.08 Å². The summed E-state index contributed by atoms with van der Waals surface area (Å²) in [7, 11) is 0. The summed E-state index contributed by atoms with van der Waals surface area (Å²) in [5, 5.41) is 8.26. The standard InChI is InChI=1S/C7H12O2/c1-5(2)6(3)4-7(8)9/h4-5H,1-3H3,(H,8,9). The van der Waals surface area contributed by atoms with Crippen LogP contribution >= 0.6 is 0 Å². The van der Waals surface area contributed by atoms with E-state index in [1.54, 1.807) is 0 Å². The van der Waals surface area contributed by atoms with E-state index in [4.69, 9.17) is 5.11 Å². The first-order valence-corrected chi connectivity index (χ1v) is 2.95. The van der Waals surface area contributed by atoms with Crippen LogP contribution in [0.4, 0.5) is 0 Å². The Labute approximate surface area is 55.2 Å². The molecule has 0 saturated carbocycles. The fourth-order valence-electron chi connectivity index (χ4n) is 0.361. The van der Waals surface area contributed by atoms with Crippen molar-refractivity contribution < 1.29 is 9.90 Å². The zero-order valence-electron chi connectivity index (χ0n) is 6.01. The second kappa shape index (κ2) is 3.28. The maximum Gasteiger partial charge on any atom is 0.328 e. The molecule has 0 atom stereocenters. The van der Waals surface area contributed by atoms with Gasteiger partial charge in [-0.15, -0.1) is 0 Å². The molecule has 0 aromatic heterocycles. The van der Waals surface area contributed by atoms with Crippen LogP contribution < -0.4 is 0 Å². The van der Waals surface area contributed by atoms with Crippen molar-refractivity contribution >= 4 is 5.97 Å². The van der Waals surface area contributed by atoms with Crippen LogP contribution in [0.1, 0.15) is 20.8 Å². The normalized spacial score (nSPS) is 12.2. The molecule has 0 heterocycles. The summed E-state index contributed by atoms with van der Waals surface area (Å²) < 4.78 is 0. The van der Waals surface area contributed by atoms with Crippen molar-refractivity contribution in [1.82, 2.24) is 0 Å². The molecule has 0 radical (unpaired) electrons. The van der Waals surface area contributed by atoms with Crippen molar-refractivity contribution in [3.8, 4) is 0 Å². The maximum absolute atomic E-state index is 10.0. The van der Waals surface area contributed by atoms with Crippen LogP contribution in [0.25, 0.3) is 0 Å². The largest absolute Gasteiger partial charge is 0.478 e. The molecule has 1 N–H and O–H groups in total. The first-order chi connectivity index (χ1) is 4.04. The Balaban J connectivity index is 4.00.